The number of hydrogen-bond acceptors (Lipinski definition) is 18. The molecule has 8 aromatic carbocycles. The molecular formula is C78H92N2O18S2Si. The van der Waals surface area contributed by atoms with Gasteiger partial charge in [0.25, 0.3) is 0 Å². The molecule has 0 saturated carbocycles. The molecule has 3 saturated heterocycles. The van der Waals surface area contributed by atoms with E-state index < -0.39 is 132 Å². The Balaban J connectivity index is 1.07. The van der Waals surface area contributed by atoms with Crippen molar-refractivity contribution in [3.8, 4) is 0 Å². The van der Waals surface area contributed by atoms with Gasteiger partial charge in [0, 0.05) is 0 Å². The highest BCUT2D eigenvalue weighted by atomic mass is 32.2. The summed E-state index contributed by atoms with van der Waals surface area (Å²) in [5.74, 6) is 0. The van der Waals surface area contributed by atoms with E-state index >= 15 is 16.8 Å². The first-order valence-corrected chi connectivity index (χ1v) is 39.9. The summed E-state index contributed by atoms with van der Waals surface area (Å²) in [7, 11) is -12.0. The zero-order valence-electron chi connectivity index (χ0n) is 57.4. The molecule has 0 unspecified atom stereocenters. The van der Waals surface area contributed by atoms with E-state index in [1.54, 1.807) is 36.4 Å². The van der Waals surface area contributed by atoms with Gasteiger partial charge in [0.05, 0.1) is 69.3 Å². The van der Waals surface area contributed by atoms with E-state index in [2.05, 4.69) is 30.2 Å². The van der Waals surface area contributed by atoms with Crippen LogP contribution in [-0.4, -0.2) is 147 Å². The topological polar surface area (TPSA) is 244 Å². The highest BCUT2D eigenvalue weighted by Gasteiger charge is 2.58. The van der Waals surface area contributed by atoms with Gasteiger partial charge in [-0.15, -0.1) is 0 Å². The van der Waals surface area contributed by atoms with Crippen molar-refractivity contribution in [3.05, 3.63) is 276 Å². The van der Waals surface area contributed by atoms with Gasteiger partial charge in [-0.05, 0) is 75.8 Å². The number of benzene rings is 8. The molecule has 20 nitrogen and oxygen atoms in total. The van der Waals surface area contributed by atoms with Crippen molar-refractivity contribution in [2.75, 3.05) is 19.8 Å². The maximum Gasteiger partial charge on any atom is 0.241 e. The molecule has 0 aliphatic carbocycles. The number of aliphatic hydroxyl groups is 2. The van der Waals surface area contributed by atoms with Crippen molar-refractivity contribution in [1.82, 2.24) is 9.44 Å². The second-order valence-electron chi connectivity index (χ2n) is 26.8. The zero-order valence-corrected chi connectivity index (χ0v) is 60.0. The quantitative estimate of drug-likeness (QED) is 0.0279. The lowest BCUT2D eigenvalue weighted by atomic mass is 9.94. The fourth-order valence-corrected chi connectivity index (χ4v) is 15.7. The van der Waals surface area contributed by atoms with Crippen LogP contribution in [0.2, 0.25) is 18.1 Å². The molecule has 101 heavy (non-hydrogen) atoms. The summed E-state index contributed by atoms with van der Waals surface area (Å²) in [5.41, 5.74) is 4.64. The van der Waals surface area contributed by atoms with Crippen LogP contribution in [0.4, 0.5) is 0 Å². The van der Waals surface area contributed by atoms with Crippen molar-refractivity contribution >= 4 is 28.4 Å². The van der Waals surface area contributed by atoms with Crippen LogP contribution in [0.15, 0.2) is 252 Å². The third-order valence-electron chi connectivity index (χ3n) is 18.5. The summed E-state index contributed by atoms with van der Waals surface area (Å²) < 4.78 is 152. The lowest BCUT2D eigenvalue weighted by molar-refractivity contribution is -0.370. The van der Waals surface area contributed by atoms with Crippen molar-refractivity contribution in [3.63, 3.8) is 0 Å². The summed E-state index contributed by atoms with van der Waals surface area (Å²) in [6, 6.07) is 69.0. The molecule has 3 aliphatic heterocycles. The molecule has 538 valence electrons. The van der Waals surface area contributed by atoms with E-state index in [9.17, 15) is 10.2 Å². The maximum absolute atomic E-state index is 15.5. The molecule has 4 N–H and O–H groups in total. The Morgan fingerprint density at radius 3 is 1.04 bits per heavy atom. The molecule has 3 aliphatic rings. The minimum Gasteiger partial charge on any atom is -0.394 e. The Kier molecular flexibility index (Phi) is 26.6. The standard InChI is InChI=1S/C78H92N2O18S2Si/c1-78(2,3)101(4,5)98-76-67(80-100(85,86)62-44-28-13-29-45-62)73(91-51-59-38-22-10-23-39-59)70(65(95-76)54-88-48-56-32-16-7-17-33-56)96-75-66(79-99(83,84)61-42-26-12-27-43-61)72(90-50-58-36-20-9-21-37-58)71(64(94-75)53-87-47-55-30-14-6-15-31-55)97-77-74(92-52-60-40-24-11-25-41-60)68(82)69(63(46-81)93-77)89-49-57-34-18-8-19-35-57/h6-45,63-77,79-82H,46-54H2,1-5H3/t63-,64-,65-,66-,67-,68+,69-,70-,71-,72-,73-,74+,75+,76-,77+/m1/s1. The molecule has 0 spiro atoms. The van der Waals surface area contributed by atoms with Crippen LogP contribution in [0, 0.1) is 0 Å². The van der Waals surface area contributed by atoms with Gasteiger partial charge in [0.1, 0.15) is 73.1 Å². The van der Waals surface area contributed by atoms with Gasteiger partial charge in [-0.2, -0.15) is 0 Å². The van der Waals surface area contributed by atoms with E-state index in [4.69, 9.17) is 56.5 Å². The number of ether oxygens (including phenoxy) is 11. The average Bonchev–Trinajstić information content (AvgIpc) is 0.757. The van der Waals surface area contributed by atoms with E-state index in [-0.39, 0.29) is 62.6 Å². The van der Waals surface area contributed by atoms with Crippen molar-refractivity contribution in [2.24, 2.45) is 0 Å². The molecule has 0 amide bonds. The van der Waals surface area contributed by atoms with E-state index in [1.807, 2.05) is 195 Å². The monoisotopic (exact) mass is 1440 g/mol. The number of sulfonamides is 2. The van der Waals surface area contributed by atoms with Gasteiger partial charge in [-0.25, -0.2) is 26.3 Å². The minimum absolute atomic E-state index is 0.0351. The van der Waals surface area contributed by atoms with Crippen LogP contribution in [-0.2, 0) is 116 Å². The molecular weight excluding hydrogens is 1350 g/mol. The zero-order chi connectivity index (χ0) is 70.8. The molecule has 23 heteroatoms. The Morgan fingerprint density at radius 1 is 0.386 bits per heavy atom. The molecule has 0 aromatic heterocycles. The molecule has 8 aromatic rings. The Labute approximate surface area is 594 Å². The van der Waals surface area contributed by atoms with E-state index in [1.165, 1.54) is 24.3 Å². The first-order chi connectivity index (χ1) is 48.8. The van der Waals surface area contributed by atoms with Crippen LogP contribution >= 0.6 is 0 Å². The summed E-state index contributed by atoms with van der Waals surface area (Å²) in [4.78, 5) is -0.166. The van der Waals surface area contributed by atoms with E-state index in [0.717, 1.165) is 27.8 Å². The fraction of sp³-hybridized carbons (Fsp3) is 0.385. The molecule has 15 atom stereocenters. The predicted molar refractivity (Wildman–Crippen MR) is 380 cm³/mol. The maximum atomic E-state index is 15.5. The molecule has 3 heterocycles. The highest BCUT2D eigenvalue weighted by Crippen LogP contribution is 2.42. The number of hydrogen-bond donors (Lipinski definition) is 4. The second kappa shape index (κ2) is 35.6. The fourth-order valence-electron chi connectivity index (χ4n) is 12.1. The smallest absolute Gasteiger partial charge is 0.241 e. The Bertz CT molecular complexity index is 3980. The SMILES string of the molecule is CC(C)(C)[Si](C)(C)O[C@H]1O[C@H](COCc2ccccc2)[C@@H](O[C@@H]2O[C@H](COCc3ccccc3)[C@@H](O[C@@H]3O[C@H](CO)[C@@H](OCc4ccccc4)[C@H](O)[C@@H]3OCc3ccccc3)[C@H](OCc3ccccc3)[C@H]2NS(=O)(=O)c2ccccc2)[C@H](OCc2ccccc2)[C@H]1NS(=O)(=O)c1ccccc1. The first-order valence-electron chi connectivity index (χ1n) is 34.1. The number of nitrogens with one attached hydrogen (secondary N) is 2. The van der Waals surface area contributed by atoms with Crippen LogP contribution in [0.25, 0.3) is 0 Å². The average molecular weight is 1440 g/mol. The van der Waals surface area contributed by atoms with Gasteiger partial charge < -0.3 is 66.7 Å². The summed E-state index contributed by atoms with van der Waals surface area (Å²) >= 11 is 0. The molecule has 11 rings (SSSR count). The lowest BCUT2D eigenvalue weighted by Gasteiger charge is -2.52. The lowest BCUT2D eigenvalue weighted by Crippen LogP contribution is -2.71. The van der Waals surface area contributed by atoms with Crippen molar-refractivity contribution in [1.29, 1.82) is 0 Å². The Morgan fingerprint density at radius 2 is 0.683 bits per heavy atom. The number of aliphatic hydroxyl groups excluding tert-OH is 2. The van der Waals surface area contributed by atoms with Gasteiger partial charge in [-0.1, -0.05) is 239 Å². The van der Waals surface area contributed by atoms with Gasteiger partial charge in [0.2, 0.25) is 20.0 Å². The second-order valence-corrected chi connectivity index (χ2v) is 35.0. The third kappa shape index (κ3) is 20.4. The first kappa shape index (κ1) is 75.4. The van der Waals surface area contributed by atoms with Crippen LogP contribution in [0.3, 0.4) is 0 Å². The molecule has 3 fully saturated rings. The summed E-state index contributed by atoms with van der Waals surface area (Å²) in [6.07, 6.45) is -18.1. The van der Waals surface area contributed by atoms with Crippen LogP contribution in [0.1, 0.15) is 54.2 Å². The third-order valence-corrected chi connectivity index (χ3v) is 25.9. The predicted octanol–water partition coefficient (Wildman–Crippen LogP) is 10.8. The van der Waals surface area contributed by atoms with Crippen molar-refractivity contribution in [2.45, 2.75) is 180 Å². The number of rotatable bonds is 33. The molecule has 0 radical (unpaired) electrons. The van der Waals surface area contributed by atoms with Crippen molar-refractivity contribution < 1.29 is 83.6 Å². The van der Waals surface area contributed by atoms with Gasteiger partial charge in [-0.3, -0.25) is 0 Å². The van der Waals surface area contributed by atoms with Gasteiger partial charge >= 0.3 is 0 Å². The Hall–Kier alpha value is -6.76. The summed E-state index contributed by atoms with van der Waals surface area (Å²) in [6.45, 7) is 9.12. The van der Waals surface area contributed by atoms with E-state index in [0.29, 0.717) is 5.56 Å². The molecule has 0 bridgehead atoms. The van der Waals surface area contributed by atoms with Gasteiger partial charge in [0.15, 0.2) is 27.2 Å². The highest BCUT2D eigenvalue weighted by molar-refractivity contribution is 7.89. The van der Waals surface area contributed by atoms with Crippen LogP contribution < -0.4 is 9.44 Å². The summed E-state index contributed by atoms with van der Waals surface area (Å²) in [5, 5.41) is 23.6. The minimum atomic E-state index is -4.63. The largest absolute Gasteiger partial charge is 0.394 e. The van der Waals surface area contributed by atoms with Crippen LogP contribution in [0.5, 0.6) is 0 Å². The normalized spacial score (nSPS) is 25.9.